The van der Waals surface area contributed by atoms with E-state index < -0.39 is 28.5 Å². The van der Waals surface area contributed by atoms with Gasteiger partial charge in [-0.1, -0.05) is 54.2 Å². The van der Waals surface area contributed by atoms with Gasteiger partial charge in [-0.2, -0.15) is 0 Å². The van der Waals surface area contributed by atoms with Crippen molar-refractivity contribution < 1.29 is 22.8 Å². The third kappa shape index (κ3) is 7.46. The van der Waals surface area contributed by atoms with Crippen molar-refractivity contribution in [1.29, 1.82) is 0 Å². The Bertz CT molecular complexity index is 1260. The number of hydrogen-bond acceptors (Lipinski definition) is 5. The van der Waals surface area contributed by atoms with E-state index in [-0.39, 0.29) is 30.0 Å². The monoisotopic (exact) mass is 567 g/mol. The quantitative estimate of drug-likeness (QED) is 0.427. The second-order valence-electron chi connectivity index (χ2n) is 9.26. The van der Waals surface area contributed by atoms with Gasteiger partial charge in [-0.3, -0.25) is 18.7 Å². The van der Waals surface area contributed by atoms with Gasteiger partial charge in [0.1, 0.15) is 12.6 Å². The summed E-state index contributed by atoms with van der Waals surface area (Å²) in [5.41, 5.74) is 0.925. The van der Waals surface area contributed by atoms with E-state index in [2.05, 4.69) is 5.32 Å². The molecule has 0 aliphatic heterocycles. The highest BCUT2D eigenvalue weighted by molar-refractivity contribution is 7.92. The molecule has 1 saturated carbocycles. The third-order valence-electron chi connectivity index (χ3n) is 6.48. The van der Waals surface area contributed by atoms with Gasteiger partial charge in [0.15, 0.2) is 5.78 Å². The van der Waals surface area contributed by atoms with Gasteiger partial charge in [0.2, 0.25) is 21.8 Å². The molecule has 2 amide bonds. The SMILES string of the molecule is CC(=O)c1cccc(N(CC(=O)N(Cc2c(Cl)cccc2Cl)[C@H](C)C(=O)NC2CCCC2)S(C)(=O)=O)c1. The highest BCUT2D eigenvalue weighted by Crippen LogP contribution is 2.27. The van der Waals surface area contributed by atoms with Gasteiger partial charge >= 0.3 is 0 Å². The Labute approximate surface area is 228 Å². The van der Waals surface area contributed by atoms with Crippen LogP contribution in [0.15, 0.2) is 42.5 Å². The molecule has 0 aromatic heterocycles. The molecule has 1 aliphatic carbocycles. The zero-order valence-corrected chi connectivity index (χ0v) is 23.4. The maximum Gasteiger partial charge on any atom is 0.244 e. The number of halogens is 2. The number of ketones is 1. The van der Waals surface area contributed by atoms with E-state index in [9.17, 15) is 22.8 Å². The molecule has 0 radical (unpaired) electrons. The summed E-state index contributed by atoms with van der Waals surface area (Å²) in [7, 11) is -3.92. The van der Waals surface area contributed by atoms with Crippen LogP contribution in [0.5, 0.6) is 0 Å². The van der Waals surface area contributed by atoms with E-state index in [1.54, 1.807) is 37.3 Å². The number of benzene rings is 2. The molecule has 0 heterocycles. The highest BCUT2D eigenvalue weighted by Gasteiger charge is 2.32. The smallest absolute Gasteiger partial charge is 0.244 e. The molecule has 1 aliphatic rings. The lowest BCUT2D eigenvalue weighted by molar-refractivity contribution is -0.139. The van der Waals surface area contributed by atoms with Gasteiger partial charge in [-0.15, -0.1) is 0 Å². The average molecular weight is 569 g/mol. The Balaban J connectivity index is 1.95. The van der Waals surface area contributed by atoms with Crippen LogP contribution in [-0.4, -0.2) is 55.8 Å². The number of hydrogen-bond donors (Lipinski definition) is 1. The Morgan fingerprint density at radius 1 is 1.05 bits per heavy atom. The van der Waals surface area contributed by atoms with Gasteiger partial charge in [-0.05, 0) is 51.0 Å². The van der Waals surface area contributed by atoms with Crippen LogP contribution in [0.3, 0.4) is 0 Å². The summed E-state index contributed by atoms with van der Waals surface area (Å²) < 4.78 is 26.4. The lowest BCUT2D eigenvalue weighted by Gasteiger charge is -2.32. The van der Waals surface area contributed by atoms with Crippen molar-refractivity contribution in [3.8, 4) is 0 Å². The molecule has 1 N–H and O–H groups in total. The topological polar surface area (TPSA) is 104 Å². The van der Waals surface area contributed by atoms with Crippen LogP contribution in [0, 0.1) is 0 Å². The summed E-state index contributed by atoms with van der Waals surface area (Å²) in [6, 6.07) is 10.1. The molecule has 0 spiro atoms. The fourth-order valence-electron chi connectivity index (χ4n) is 4.32. The minimum atomic E-state index is -3.92. The Hall–Kier alpha value is -2.62. The highest BCUT2D eigenvalue weighted by atomic mass is 35.5. The molecule has 37 heavy (non-hydrogen) atoms. The predicted octanol–water partition coefficient (Wildman–Crippen LogP) is 4.44. The van der Waals surface area contributed by atoms with E-state index in [4.69, 9.17) is 23.2 Å². The average Bonchev–Trinajstić information content (AvgIpc) is 3.34. The fraction of sp³-hybridized carbons (Fsp3) is 0.423. The van der Waals surface area contributed by atoms with Crippen molar-refractivity contribution in [2.24, 2.45) is 0 Å². The van der Waals surface area contributed by atoms with E-state index >= 15 is 0 Å². The standard InChI is InChI=1S/C26H31Cl2N3O5S/c1-17(26(34)29-20-9-4-5-10-20)30(15-22-23(27)12-7-13-24(22)28)25(33)16-31(37(3,35)36)21-11-6-8-19(14-21)18(2)32/h6-8,11-14,17,20H,4-5,9-10,15-16H2,1-3H3,(H,29,34)/t17-/m1/s1. The van der Waals surface area contributed by atoms with Crippen LogP contribution < -0.4 is 9.62 Å². The summed E-state index contributed by atoms with van der Waals surface area (Å²) >= 11 is 12.7. The zero-order chi connectivity index (χ0) is 27.3. The van der Waals surface area contributed by atoms with Gasteiger partial charge in [-0.25, -0.2) is 8.42 Å². The van der Waals surface area contributed by atoms with Crippen LogP contribution in [0.2, 0.25) is 10.0 Å². The summed E-state index contributed by atoms with van der Waals surface area (Å²) in [6.45, 7) is 2.29. The van der Waals surface area contributed by atoms with Crippen molar-refractivity contribution in [2.45, 2.75) is 58.2 Å². The predicted molar refractivity (Wildman–Crippen MR) is 146 cm³/mol. The second-order valence-corrected chi connectivity index (χ2v) is 12.0. The van der Waals surface area contributed by atoms with E-state index in [0.717, 1.165) is 36.2 Å². The third-order valence-corrected chi connectivity index (χ3v) is 8.33. The van der Waals surface area contributed by atoms with Gasteiger partial charge in [0.25, 0.3) is 0 Å². The summed E-state index contributed by atoms with van der Waals surface area (Å²) in [6.07, 6.45) is 4.78. The second kappa shape index (κ2) is 12.3. The lowest BCUT2D eigenvalue weighted by atomic mass is 10.1. The van der Waals surface area contributed by atoms with Crippen molar-refractivity contribution in [2.75, 3.05) is 17.1 Å². The first-order chi connectivity index (χ1) is 17.4. The number of amides is 2. The molecule has 3 rings (SSSR count). The van der Waals surface area contributed by atoms with Crippen molar-refractivity contribution in [3.63, 3.8) is 0 Å². The van der Waals surface area contributed by atoms with Gasteiger partial charge in [0.05, 0.1) is 11.9 Å². The normalized spacial score (nSPS) is 14.7. The Morgan fingerprint density at radius 2 is 1.65 bits per heavy atom. The van der Waals surface area contributed by atoms with Crippen molar-refractivity contribution in [1.82, 2.24) is 10.2 Å². The lowest BCUT2D eigenvalue weighted by Crippen LogP contribution is -2.52. The first-order valence-corrected chi connectivity index (χ1v) is 14.6. The number of nitrogens with one attached hydrogen (secondary N) is 1. The number of rotatable bonds is 10. The van der Waals surface area contributed by atoms with Crippen LogP contribution >= 0.6 is 23.2 Å². The number of nitrogens with zero attached hydrogens (tertiary/aromatic N) is 2. The Morgan fingerprint density at radius 3 is 2.22 bits per heavy atom. The zero-order valence-electron chi connectivity index (χ0n) is 21.0. The van der Waals surface area contributed by atoms with Gasteiger partial charge < -0.3 is 10.2 Å². The van der Waals surface area contributed by atoms with Crippen LogP contribution in [0.1, 0.15) is 55.5 Å². The first kappa shape index (κ1) is 28.9. The number of anilines is 1. The molecule has 1 atom stereocenters. The minimum absolute atomic E-state index is 0.0395. The molecule has 11 heteroatoms. The summed E-state index contributed by atoms with van der Waals surface area (Å²) in [5, 5.41) is 3.64. The molecule has 8 nitrogen and oxygen atoms in total. The summed E-state index contributed by atoms with van der Waals surface area (Å²) in [4.78, 5) is 40.0. The van der Waals surface area contributed by atoms with Crippen LogP contribution in [-0.2, 0) is 26.2 Å². The minimum Gasteiger partial charge on any atom is -0.352 e. The molecule has 0 unspecified atom stereocenters. The maximum absolute atomic E-state index is 13.7. The van der Waals surface area contributed by atoms with Gasteiger partial charge in [0, 0.05) is 33.8 Å². The molecule has 0 bridgehead atoms. The number of carbonyl (C=O) groups excluding carboxylic acids is 3. The number of carbonyl (C=O) groups is 3. The fourth-order valence-corrected chi connectivity index (χ4v) is 5.68. The van der Waals surface area contributed by atoms with E-state index in [1.807, 2.05) is 0 Å². The largest absolute Gasteiger partial charge is 0.352 e. The van der Waals surface area contributed by atoms with Crippen LogP contribution in [0.25, 0.3) is 0 Å². The number of Topliss-reactive ketones (excluding diaryl/α,β-unsaturated/α-hetero) is 1. The first-order valence-electron chi connectivity index (χ1n) is 12.0. The van der Waals surface area contributed by atoms with Crippen LogP contribution in [0.4, 0.5) is 5.69 Å². The molecule has 2 aromatic carbocycles. The van der Waals surface area contributed by atoms with E-state index in [0.29, 0.717) is 21.2 Å². The van der Waals surface area contributed by atoms with Crippen molar-refractivity contribution >= 4 is 56.5 Å². The molecule has 1 fully saturated rings. The maximum atomic E-state index is 13.7. The van der Waals surface area contributed by atoms with Crippen molar-refractivity contribution in [3.05, 3.63) is 63.6 Å². The summed E-state index contributed by atoms with van der Waals surface area (Å²) in [5.74, 6) is -1.20. The molecule has 200 valence electrons. The van der Waals surface area contributed by atoms with E-state index in [1.165, 1.54) is 24.0 Å². The molecular formula is C26H31Cl2N3O5S. The molecule has 2 aromatic rings. The molecule has 0 saturated heterocycles. The Kier molecular flexibility index (Phi) is 9.61. The molecular weight excluding hydrogens is 537 g/mol. The number of sulfonamides is 1.